The lowest BCUT2D eigenvalue weighted by molar-refractivity contribution is 0.371. The summed E-state index contributed by atoms with van der Waals surface area (Å²) in [6.07, 6.45) is 2.37. The molecule has 0 fully saturated rings. The molecule has 2 unspecified atom stereocenters. The van der Waals surface area contributed by atoms with Crippen LogP contribution in [0.25, 0.3) is 0 Å². The van der Waals surface area contributed by atoms with Gasteiger partial charge in [-0.3, -0.25) is 0 Å². The maximum absolute atomic E-state index is 4.59. The number of hydrogen-bond donors (Lipinski definition) is 1. The molecule has 0 aromatic carbocycles. The van der Waals surface area contributed by atoms with E-state index < -0.39 is 0 Å². The number of thiazole rings is 1. The number of rotatable bonds is 6. The zero-order valence-electron chi connectivity index (χ0n) is 10.2. The molecule has 86 valence electrons. The van der Waals surface area contributed by atoms with E-state index in [1.807, 2.05) is 0 Å². The van der Waals surface area contributed by atoms with Gasteiger partial charge in [-0.15, -0.1) is 11.3 Å². The van der Waals surface area contributed by atoms with E-state index in [2.05, 4.69) is 43.4 Å². The molecule has 0 radical (unpaired) electrons. The molecule has 0 saturated carbocycles. The number of nitrogens with zero attached hydrogens (tertiary/aromatic N) is 1. The minimum absolute atomic E-state index is 0.430. The molecule has 1 rings (SSSR count). The van der Waals surface area contributed by atoms with Crippen molar-refractivity contribution in [1.29, 1.82) is 0 Å². The van der Waals surface area contributed by atoms with Crippen LogP contribution in [0.3, 0.4) is 0 Å². The van der Waals surface area contributed by atoms with Crippen molar-refractivity contribution < 1.29 is 0 Å². The van der Waals surface area contributed by atoms with Crippen molar-refractivity contribution in [3.63, 3.8) is 0 Å². The lowest BCUT2D eigenvalue weighted by atomic mass is 9.97. The number of nitrogens with one attached hydrogen (secondary N) is 1. The lowest BCUT2D eigenvalue weighted by Gasteiger charge is -2.22. The highest BCUT2D eigenvalue weighted by atomic mass is 32.1. The molecular formula is C12H22N2S. The van der Waals surface area contributed by atoms with E-state index in [0.29, 0.717) is 12.0 Å². The first-order valence-electron chi connectivity index (χ1n) is 5.84. The Kier molecular flexibility index (Phi) is 5.26. The predicted octanol–water partition coefficient (Wildman–Crippen LogP) is 3.54. The van der Waals surface area contributed by atoms with Gasteiger partial charge in [-0.25, -0.2) is 4.98 Å². The zero-order valence-corrected chi connectivity index (χ0v) is 11.0. The van der Waals surface area contributed by atoms with Gasteiger partial charge in [0.1, 0.15) is 0 Å². The van der Waals surface area contributed by atoms with Crippen LogP contribution >= 0.6 is 11.3 Å². The third kappa shape index (κ3) is 3.58. The number of aromatic nitrogens is 1. The van der Waals surface area contributed by atoms with Crippen molar-refractivity contribution >= 4 is 11.3 Å². The topological polar surface area (TPSA) is 24.9 Å². The second kappa shape index (κ2) is 6.23. The first-order chi connectivity index (χ1) is 7.19. The van der Waals surface area contributed by atoms with Crippen molar-refractivity contribution in [2.75, 3.05) is 6.54 Å². The molecule has 0 amide bonds. The summed E-state index contributed by atoms with van der Waals surface area (Å²) in [6.45, 7) is 9.88. The summed E-state index contributed by atoms with van der Waals surface area (Å²) >= 11 is 1.74. The Balaban J connectivity index is 2.71. The summed E-state index contributed by atoms with van der Waals surface area (Å²) < 4.78 is 0. The van der Waals surface area contributed by atoms with Crippen LogP contribution < -0.4 is 5.32 Å². The maximum atomic E-state index is 4.59. The third-order valence-corrected chi connectivity index (χ3v) is 3.57. The Labute approximate surface area is 97.1 Å². The molecule has 0 bridgehead atoms. The minimum atomic E-state index is 0.430. The summed E-state index contributed by atoms with van der Waals surface area (Å²) in [5.74, 6) is 0.651. The van der Waals surface area contributed by atoms with Crippen LogP contribution in [0.2, 0.25) is 0 Å². The van der Waals surface area contributed by atoms with Crippen molar-refractivity contribution in [3.8, 4) is 0 Å². The van der Waals surface area contributed by atoms with Crippen LogP contribution in [0, 0.1) is 12.8 Å². The van der Waals surface area contributed by atoms with Crippen LogP contribution in [0.5, 0.6) is 0 Å². The quantitative estimate of drug-likeness (QED) is 0.802. The summed E-state index contributed by atoms with van der Waals surface area (Å²) in [7, 11) is 0. The fraction of sp³-hybridized carbons (Fsp3) is 0.750. The van der Waals surface area contributed by atoms with Crippen LogP contribution in [0.4, 0.5) is 0 Å². The van der Waals surface area contributed by atoms with Gasteiger partial charge in [-0.1, -0.05) is 27.2 Å². The standard InChI is InChI=1S/C12H22N2S/c1-5-7-13-12(9(3)6-2)11-8-15-10(4)14-11/h8-9,12-13H,5-7H2,1-4H3. The van der Waals surface area contributed by atoms with Gasteiger partial charge < -0.3 is 5.32 Å². The SMILES string of the molecule is CCCNC(c1csc(C)n1)C(C)CC. The van der Waals surface area contributed by atoms with E-state index in [-0.39, 0.29) is 0 Å². The monoisotopic (exact) mass is 226 g/mol. The van der Waals surface area contributed by atoms with E-state index in [1.165, 1.54) is 18.5 Å². The molecule has 3 heteroatoms. The Hall–Kier alpha value is -0.410. The molecule has 0 aliphatic rings. The number of hydrogen-bond acceptors (Lipinski definition) is 3. The minimum Gasteiger partial charge on any atom is -0.308 e. The molecule has 15 heavy (non-hydrogen) atoms. The van der Waals surface area contributed by atoms with Gasteiger partial charge in [0.05, 0.1) is 16.7 Å². The molecule has 1 aromatic heterocycles. The fourth-order valence-electron chi connectivity index (χ4n) is 1.66. The molecule has 0 saturated heterocycles. The van der Waals surface area contributed by atoms with Crippen molar-refractivity contribution in [2.45, 2.75) is 46.6 Å². The average Bonchev–Trinajstić information content (AvgIpc) is 2.65. The smallest absolute Gasteiger partial charge is 0.0898 e. The van der Waals surface area contributed by atoms with Crippen molar-refractivity contribution in [2.24, 2.45) is 5.92 Å². The summed E-state index contributed by atoms with van der Waals surface area (Å²) in [6, 6.07) is 0.430. The van der Waals surface area contributed by atoms with Crippen LogP contribution in [-0.2, 0) is 0 Å². The van der Waals surface area contributed by atoms with E-state index in [9.17, 15) is 0 Å². The largest absolute Gasteiger partial charge is 0.308 e. The van der Waals surface area contributed by atoms with Gasteiger partial charge >= 0.3 is 0 Å². The molecule has 2 nitrogen and oxygen atoms in total. The maximum Gasteiger partial charge on any atom is 0.0898 e. The molecular weight excluding hydrogens is 204 g/mol. The van der Waals surface area contributed by atoms with Gasteiger partial charge in [0.2, 0.25) is 0 Å². The second-order valence-corrected chi connectivity index (χ2v) is 5.17. The summed E-state index contributed by atoms with van der Waals surface area (Å²) in [5.41, 5.74) is 1.22. The van der Waals surface area contributed by atoms with Gasteiger partial charge in [0, 0.05) is 5.38 Å². The molecule has 2 atom stereocenters. The molecule has 0 spiro atoms. The van der Waals surface area contributed by atoms with E-state index in [4.69, 9.17) is 0 Å². The van der Waals surface area contributed by atoms with Gasteiger partial charge in [0.15, 0.2) is 0 Å². The van der Waals surface area contributed by atoms with Crippen molar-refractivity contribution in [3.05, 3.63) is 16.1 Å². The highest BCUT2D eigenvalue weighted by molar-refractivity contribution is 7.09. The highest BCUT2D eigenvalue weighted by Gasteiger charge is 2.19. The van der Waals surface area contributed by atoms with E-state index in [1.54, 1.807) is 11.3 Å². The van der Waals surface area contributed by atoms with Gasteiger partial charge in [-0.05, 0) is 25.8 Å². The van der Waals surface area contributed by atoms with Crippen LogP contribution in [-0.4, -0.2) is 11.5 Å². The first-order valence-corrected chi connectivity index (χ1v) is 6.72. The summed E-state index contributed by atoms with van der Waals surface area (Å²) in [5, 5.41) is 6.95. The Morgan fingerprint density at radius 2 is 2.20 bits per heavy atom. The number of aryl methyl sites for hydroxylation is 1. The first kappa shape index (κ1) is 12.7. The molecule has 1 heterocycles. The zero-order chi connectivity index (χ0) is 11.3. The van der Waals surface area contributed by atoms with E-state index in [0.717, 1.165) is 11.6 Å². The summed E-state index contributed by atoms with van der Waals surface area (Å²) in [4.78, 5) is 4.59. The Bertz CT molecular complexity index is 283. The molecule has 1 aromatic rings. The average molecular weight is 226 g/mol. The molecule has 0 aliphatic carbocycles. The van der Waals surface area contributed by atoms with E-state index >= 15 is 0 Å². The highest BCUT2D eigenvalue weighted by Crippen LogP contribution is 2.25. The van der Waals surface area contributed by atoms with Crippen LogP contribution in [0.15, 0.2) is 5.38 Å². The van der Waals surface area contributed by atoms with Gasteiger partial charge in [0.25, 0.3) is 0 Å². The van der Waals surface area contributed by atoms with Crippen LogP contribution in [0.1, 0.15) is 50.4 Å². The lowest BCUT2D eigenvalue weighted by Crippen LogP contribution is -2.27. The predicted molar refractivity (Wildman–Crippen MR) is 67.3 cm³/mol. The second-order valence-electron chi connectivity index (χ2n) is 4.11. The normalized spacial score (nSPS) is 15.2. The molecule has 0 aliphatic heterocycles. The third-order valence-electron chi connectivity index (χ3n) is 2.78. The Morgan fingerprint density at radius 3 is 2.67 bits per heavy atom. The molecule has 1 N–H and O–H groups in total. The Morgan fingerprint density at radius 1 is 1.47 bits per heavy atom. The van der Waals surface area contributed by atoms with Gasteiger partial charge in [-0.2, -0.15) is 0 Å². The fourth-order valence-corrected chi connectivity index (χ4v) is 2.30. The van der Waals surface area contributed by atoms with Crippen molar-refractivity contribution in [1.82, 2.24) is 10.3 Å².